The van der Waals surface area contributed by atoms with Crippen molar-refractivity contribution in [1.29, 1.82) is 0 Å². The molecule has 178 valence electrons. The van der Waals surface area contributed by atoms with Crippen molar-refractivity contribution in [2.75, 3.05) is 19.8 Å². The summed E-state index contributed by atoms with van der Waals surface area (Å²) in [6.07, 6.45) is 10.0. The fourth-order valence-electron chi connectivity index (χ4n) is 4.27. The molecule has 0 atom stereocenters. The van der Waals surface area contributed by atoms with Crippen molar-refractivity contribution in [1.82, 2.24) is 4.90 Å². The van der Waals surface area contributed by atoms with Crippen LogP contribution in [0.5, 0.6) is 11.5 Å². The molecular weight excluding hydrogens is 486 g/mol. The maximum absolute atomic E-state index is 12.7. The predicted molar refractivity (Wildman–Crippen MR) is 145 cm³/mol. The molecule has 1 aliphatic heterocycles. The first kappa shape index (κ1) is 24.8. The van der Waals surface area contributed by atoms with Crippen LogP contribution in [0.3, 0.4) is 0 Å². The van der Waals surface area contributed by atoms with Crippen molar-refractivity contribution >= 4 is 51.9 Å². The molecule has 4 nitrogen and oxygen atoms in total. The van der Waals surface area contributed by atoms with Gasteiger partial charge >= 0.3 is 0 Å². The lowest BCUT2D eigenvalue weighted by Gasteiger charge is -2.22. The lowest BCUT2D eigenvalue weighted by molar-refractivity contribution is -0.121. The smallest absolute Gasteiger partial charge is 0.266 e. The van der Waals surface area contributed by atoms with Crippen molar-refractivity contribution in [3.63, 3.8) is 0 Å². The second-order valence-corrected chi connectivity index (χ2v) is 10.5. The molecule has 2 aliphatic rings. The molecule has 7 heteroatoms. The third kappa shape index (κ3) is 6.23. The van der Waals surface area contributed by atoms with Gasteiger partial charge in [0.2, 0.25) is 0 Å². The maximum atomic E-state index is 12.7. The van der Waals surface area contributed by atoms with Crippen molar-refractivity contribution in [2.45, 2.75) is 38.0 Å². The zero-order valence-electron chi connectivity index (χ0n) is 19.0. The molecule has 1 amide bonds. The Kier molecular flexibility index (Phi) is 8.70. The molecule has 34 heavy (non-hydrogen) atoms. The fraction of sp³-hybridized carbons (Fsp3) is 0.333. The van der Waals surface area contributed by atoms with Gasteiger partial charge in [-0.15, -0.1) is 6.58 Å². The van der Waals surface area contributed by atoms with Crippen molar-refractivity contribution in [2.24, 2.45) is 0 Å². The summed E-state index contributed by atoms with van der Waals surface area (Å²) in [5.41, 5.74) is 2.14. The third-order valence-electron chi connectivity index (χ3n) is 6.01. The van der Waals surface area contributed by atoms with Gasteiger partial charge in [0.15, 0.2) is 0 Å². The number of halogens is 1. The molecule has 2 aromatic rings. The summed E-state index contributed by atoms with van der Waals surface area (Å²) in [4.78, 5) is 14.7. The molecule has 0 spiro atoms. The summed E-state index contributed by atoms with van der Waals surface area (Å²) < 4.78 is 12.4. The second-order valence-electron chi connectivity index (χ2n) is 8.36. The van der Waals surface area contributed by atoms with Crippen molar-refractivity contribution < 1.29 is 14.3 Å². The lowest BCUT2D eigenvalue weighted by Crippen LogP contribution is -2.27. The van der Waals surface area contributed by atoms with E-state index in [1.165, 1.54) is 54.3 Å². The standard InChI is InChI=1S/C27H28ClNO3S2/c1-2-14-29-26(30)25(34-27(29)33)18-21-17-22(28)10-13-24(21)32-16-15-31-23-11-8-20(9-12-23)19-6-4-3-5-7-19/h2,8-13,17-19H,1,3-7,14-16H2. The first-order chi connectivity index (χ1) is 16.5. The Morgan fingerprint density at radius 1 is 1.09 bits per heavy atom. The summed E-state index contributed by atoms with van der Waals surface area (Å²) in [6.45, 7) is 4.85. The first-order valence-corrected chi connectivity index (χ1v) is 13.2. The highest BCUT2D eigenvalue weighted by atomic mass is 35.5. The molecule has 1 saturated heterocycles. The molecule has 0 N–H and O–H groups in total. The number of nitrogens with zero attached hydrogens (tertiary/aromatic N) is 1. The number of benzene rings is 2. The second kappa shape index (κ2) is 11.9. The highest BCUT2D eigenvalue weighted by Crippen LogP contribution is 2.35. The SMILES string of the molecule is C=CCN1C(=O)C(=Cc2cc(Cl)ccc2OCCOc2ccc(C3CCCCC3)cc2)SC1=S. The van der Waals surface area contributed by atoms with E-state index < -0.39 is 0 Å². The van der Waals surface area contributed by atoms with Gasteiger partial charge in [-0.25, -0.2) is 0 Å². The fourth-order valence-corrected chi connectivity index (χ4v) is 5.72. The highest BCUT2D eigenvalue weighted by molar-refractivity contribution is 8.26. The molecule has 1 saturated carbocycles. The minimum absolute atomic E-state index is 0.138. The first-order valence-electron chi connectivity index (χ1n) is 11.6. The average molecular weight is 514 g/mol. The van der Waals surface area contributed by atoms with Crippen LogP contribution in [0.25, 0.3) is 6.08 Å². The Bertz CT molecular complexity index is 1080. The van der Waals surface area contributed by atoms with E-state index >= 15 is 0 Å². The van der Waals surface area contributed by atoms with Crippen LogP contribution in [0.4, 0.5) is 0 Å². The van der Waals surface area contributed by atoms with Crippen LogP contribution in [-0.4, -0.2) is 34.9 Å². The van der Waals surface area contributed by atoms with E-state index in [0.29, 0.717) is 45.7 Å². The molecule has 1 aliphatic carbocycles. The number of thiocarbonyl (C=S) groups is 1. The number of hydrogen-bond donors (Lipinski definition) is 0. The van der Waals surface area contributed by atoms with E-state index in [0.717, 1.165) is 11.3 Å². The Labute approximate surface area is 216 Å². The van der Waals surface area contributed by atoms with Crippen LogP contribution < -0.4 is 9.47 Å². The Balaban J connectivity index is 1.34. The van der Waals surface area contributed by atoms with Gasteiger partial charge in [0.25, 0.3) is 5.91 Å². The lowest BCUT2D eigenvalue weighted by atomic mass is 9.84. The van der Waals surface area contributed by atoms with E-state index in [9.17, 15) is 4.79 Å². The number of amides is 1. The molecule has 0 radical (unpaired) electrons. The number of rotatable bonds is 9. The van der Waals surface area contributed by atoms with Crippen LogP contribution in [0.15, 0.2) is 60.0 Å². The normalized spacial score (nSPS) is 17.9. The third-order valence-corrected chi connectivity index (χ3v) is 7.62. The van der Waals surface area contributed by atoms with E-state index in [2.05, 4.69) is 18.7 Å². The van der Waals surface area contributed by atoms with Crippen molar-refractivity contribution in [3.05, 3.63) is 76.2 Å². The van der Waals surface area contributed by atoms with Crippen LogP contribution >= 0.6 is 35.6 Å². The predicted octanol–water partition coefficient (Wildman–Crippen LogP) is 7.23. The quantitative estimate of drug-likeness (QED) is 0.153. The van der Waals surface area contributed by atoms with E-state index in [4.69, 9.17) is 33.3 Å². The van der Waals surface area contributed by atoms with Crippen LogP contribution in [-0.2, 0) is 4.79 Å². The summed E-state index contributed by atoms with van der Waals surface area (Å²) in [5.74, 6) is 2.02. The largest absolute Gasteiger partial charge is 0.490 e. The minimum atomic E-state index is -0.138. The number of thioether (sulfide) groups is 1. The Morgan fingerprint density at radius 3 is 2.56 bits per heavy atom. The Morgan fingerprint density at radius 2 is 1.82 bits per heavy atom. The zero-order valence-corrected chi connectivity index (χ0v) is 21.4. The summed E-state index contributed by atoms with van der Waals surface area (Å²) in [7, 11) is 0. The molecular formula is C27H28ClNO3S2. The molecule has 0 aromatic heterocycles. The van der Waals surface area contributed by atoms with Gasteiger partial charge in [0.05, 0.1) is 4.91 Å². The van der Waals surface area contributed by atoms with E-state index in [1.54, 1.807) is 30.4 Å². The van der Waals surface area contributed by atoms with Gasteiger partial charge in [0, 0.05) is 17.1 Å². The molecule has 4 rings (SSSR count). The van der Waals surface area contributed by atoms with Gasteiger partial charge in [-0.2, -0.15) is 0 Å². The summed E-state index contributed by atoms with van der Waals surface area (Å²) in [6, 6.07) is 13.8. The van der Waals surface area contributed by atoms with Crippen LogP contribution in [0, 0.1) is 0 Å². The zero-order chi connectivity index (χ0) is 23.9. The van der Waals surface area contributed by atoms with E-state index in [1.807, 2.05) is 12.1 Å². The molecule has 1 heterocycles. The Hall–Kier alpha value is -2.28. The molecule has 2 fully saturated rings. The van der Waals surface area contributed by atoms with Crippen molar-refractivity contribution in [3.8, 4) is 11.5 Å². The molecule has 0 bridgehead atoms. The maximum Gasteiger partial charge on any atom is 0.266 e. The molecule has 0 unspecified atom stereocenters. The number of carbonyl (C=O) groups excluding carboxylic acids is 1. The van der Waals surface area contributed by atoms with Gasteiger partial charge in [0.1, 0.15) is 29.0 Å². The number of ether oxygens (including phenoxy) is 2. The van der Waals surface area contributed by atoms with Crippen LogP contribution in [0.2, 0.25) is 5.02 Å². The van der Waals surface area contributed by atoms with Gasteiger partial charge in [-0.1, -0.05) is 73.1 Å². The minimum Gasteiger partial charge on any atom is -0.490 e. The molecule has 2 aromatic carbocycles. The summed E-state index contributed by atoms with van der Waals surface area (Å²) >= 11 is 12.8. The van der Waals surface area contributed by atoms with Gasteiger partial charge in [-0.3, -0.25) is 9.69 Å². The highest BCUT2D eigenvalue weighted by Gasteiger charge is 2.31. The number of hydrogen-bond acceptors (Lipinski definition) is 5. The van der Waals surface area contributed by atoms with E-state index in [-0.39, 0.29) is 5.91 Å². The summed E-state index contributed by atoms with van der Waals surface area (Å²) in [5, 5.41) is 0.564. The van der Waals surface area contributed by atoms with Crippen LogP contribution in [0.1, 0.15) is 49.1 Å². The average Bonchev–Trinajstić information content (AvgIpc) is 3.11. The van der Waals surface area contributed by atoms with Gasteiger partial charge in [-0.05, 0) is 60.7 Å². The monoisotopic (exact) mass is 513 g/mol. The van der Waals surface area contributed by atoms with Gasteiger partial charge < -0.3 is 9.47 Å². The number of carbonyl (C=O) groups is 1. The topological polar surface area (TPSA) is 38.8 Å².